The quantitative estimate of drug-likeness (QED) is 0.936. The number of aryl methyl sites for hydroxylation is 1. The lowest BCUT2D eigenvalue weighted by Gasteiger charge is -2.08. The van der Waals surface area contributed by atoms with Crippen LogP contribution < -0.4 is 5.32 Å². The van der Waals surface area contributed by atoms with Crippen LogP contribution >= 0.6 is 15.9 Å². The summed E-state index contributed by atoms with van der Waals surface area (Å²) in [6.45, 7) is 2.34. The number of hydrogen-bond donors (Lipinski definition) is 1. The van der Waals surface area contributed by atoms with Crippen molar-refractivity contribution < 1.29 is 4.39 Å². The van der Waals surface area contributed by atoms with Crippen molar-refractivity contribution in [2.24, 2.45) is 0 Å². The van der Waals surface area contributed by atoms with Crippen LogP contribution in [-0.4, -0.2) is 4.98 Å². The van der Waals surface area contributed by atoms with Gasteiger partial charge < -0.3 is 5.32 Å². The molecule has 1 aromatic heterocycles. The molecule has 0 aliphatic heterocycles. The SMILES string of the molecule is Cc1ccc(NCc2ccc(F)cc2Br)nc1C#N. The second kappa shape index (κ2) is 5.81. The number of nitriles is 1. The number of hydrogen-bond acceptors (Lipinski definition) is 3. The average molecular weight is 320 g/mol. The molecule has 1 aromatic carbocycles. The summed E-state index contributed by atoms with van der Waals surface area (Å²) in [5, 5.41) is 12.0. The molecule has 0 aliphatic rings. The maximum atomic E-state index is 13.0. The molecule has 2 rings (SSSR count). The molecule has 0 saturated carbocycles. The van der Waals surface area contributed by atoms with Crippen LogP contribution in [-0.2, 0) is 6.54 Å². The highest BCUT2D eigenvalue weighted by Gasteiger charge is 2.04. The van der Waals surface area contributed by atoms with E-state index in [-0.39, 0.29) is 5.82 Å². The number of nitrogens with zero attached hydrogens (tertiary/aromatic N) is 2. The van der Waals surface area contributed by atoms with E-state index in [2.05, 4.69) is 26.2 Å². The van der Waals surface area contributed by atoms with Crippen LogP contribution in [0.2, 0.25) is 0 Å². The Morgan fingerprint density at radius 3 is 2.84 bits per heavy atom. The highest BCUT2D eigenvalue weighted by molar-refractivity contribution is 9.10. The van der Waals surface area contributed by atoms with E-state index in [0.717, 1.165) is 11.1 Å². The number of nitrogens with one attached hydrogen (secondary N) is 1. The van der Waals surface area contributed by atoms with Crippen LogP contribution in [0.1, 0.15) is 16.8 Å². The minimum absolute atomic E-state index is 0.282. The van der Waals surface area contributed by atoms with Gasteiger partial charge in [0.2, 0.25) is 0 Å². The monoisotopic (exact) mass is 319 g/mol. The summed E-state index contributed by atoms with van der Waals surface area (Å²) in [6, 6.07) is 10.2. The molecule has 19 heavy (non-hydrogen) atoms. The first-order valence-electron chi connectivity index (χ1n) is 5.65. The number of pyridine rings is 1. The maximum absolute atomic E-state index is 13.0. The number of rotatable bonds is 3. The van der Waals surface area contributed by atoms with Gasteiger partial charge in [0.15, 0.2) is 0 Å². The zero-order valence-corrected chi connectivity index (χ0v) is 11.8. The lowest BCUT2D eigenvalue weighted by molar-refractivity contribution is 0.626. The van der Waals surface area contributed by atoms with E-state index in [1.165, 1.54) is 12.1 Å². The van der Waals surface area contributed by atoms with E-state index >= 15 is 0 Å². The van der Waals surface area contributed by atoms with Gasteiger partial charge in [-0.25, -0.2) is 9.37 Å². The van der Waals surface area contributed by atoms with E-state index in [1.807, 2.05) is 25.1 Å². The molecule has 2 aromatic rings. The van der Waals surface area contributed by atoms with Crippen LogP contribution in [0.5, 0.6) is 0 Å². The second-order valence-electron chi connectivity index (χ2n) is 4.06. The molecule has 0 unspecified atom stereocenters. The van der Waals surface area contributed by atoms with Gasteiger partial charge in [0.25, 0.3) is 0 Å². The normalized spacial score (nSPS) is 10.0. The lowest BCUT2D eigenvalue weighted by Crippen LogP contribution is -2.03. The van der Waals surface area contributed by atoms with Crippen molar-refractivity contribution in [2.75, 3.05) is 5.32 Å². The standard InChI is InChI=1S/C14H11BrFN3/c1-9-2-5-14(19-13(9)7-17)18-8-10-3-4-11(16)6-12(10)15/h2-6H,8H2,1H3,(H,18,19). The van der Waals surface area contributed by atoms with Crippen molar-refractivity contribution in [2.45, 2.75) is 13.5 Å². The van der Waals surface area contributed by atoms with Crippen LogP contribution in [0.3, 0.4) is 0 Å². The number of anilines is 1. The molecule has 1 N–H and O–H groups in total. The molecular formula is C14H11BrFN3. The molecule has 1 heterocycles. The zero-order chi connectivity index (χ0) is 13.8. The van der Waals surface area contributed by atoms with Gasteiger partial charge in [-0.3, -0.25) is 0 Å². The highest BCUT2D eigenvalue weighted by Crippen LogP contribution is 2.19. The summed E-state index contributed by atoms with van der Waals surface area (Å²) in [7, 11) is 0. The van der Waals surface area contributed by atoms with E-state index in [1.54, 1.807) is 6.07 Å². The minimum atomic E-state index is -0.282. The fourth-order valence-electron chi connectivity index (χ4n) is 1.59. The van der Waals surface area contributed by atoms with Gasteiger partial charge in [-0.2, -0.15) is 5.26 Å². The van der Waals surface area contributed by atoms with Gasteiger partial charge in [-0.05, 0) is 36.2 Å². The molecule has 0 amide bonds. The van der Waals surface area contributed by atoms with Crippen LogP contribution in [0, 0.1) is 24.1 Å². The number of benzene rings is 1. The molecule has 0 bridgehead atoms. The van der Waals surface area contributed by atoms with E-state index in [0.29, 0.717) is 22.5 Å². The lowest BCUT2D eigenvalue weighted by atomic mass is 10.2. The molecule has 0 radical (unpaired) electrons. The Morgan fingerprint density at radius 2 is 2.16 bits per heavy atom. The Kier molecular flexibility index (Phi) is 4.13. The average Bonchev–Trinajstić information content (AvgIpc) is 2.39. The molecular weight excluding hydrogens is 309 g/mol. The van der Waals surface area contributed by atoms with Gasteiger partial charge in [0.05, 0.1) is 0 Å². The molecule has 0 spiro atoms. The van der Waals surface area contributed by atoms with Gasteiger partial charge in [-0.15, -0.1) is 0 Å². The highest BCUT2D eigenvalue weighted by atomic mass is 79.9. The summed E-state index contributed by atoms with van der Waals surface area (Å²) in [4.78, 5) is 4.19. The Labute approximate surface area is 119 Å². The Morgan fingerprint density at radius 1 is 1.37 bits per heavy atom. The smallest absolute Gasteiger partial charge is 0.145 e. The van der Waals surface area contributed by atoms with Gasteiger partial charge in [-0.1, -0.05) is 28.1 Å². The van der Waals surface area contributed by atoms with Crippen molar-refractivity contribution in [1.29, 1.82) is 5.26 Å². The molecule has 0 aliphatic carbocycles. The Balaban J connectivity index is 2.13. The van der Waals surface area contributed by atoms with Crippen LogP contribution in [0.15, 0.2) is 34.8 Å². The first-order chi connectivity index (χ1) is 9.10. The minimum Gasteiger partial charge on any atom is -0.366 e. The van der Waals surface area contributed by atoms with E-state index in [9.17, 15) is 4.39 Å². The molecule has 5 heteroatoms. The number of halogens is 2. The van der Waals surface area contributed by atoms with Crippen molar-refractivity contribution in [3.05, 3.63) is 57.4 Å². The zero-order valence-electron chi connectivity index (χ0n) is 10.2. The second-order valence-corrected chi connectivity index (χ2v) is 4.92. The van der Waals surface area contributed by atoms with Crippen LogP contribution in [0.4, 0.5) is 10.2 Å². The summed E-state index contributed by atoms with van der Waals surface area (Å²) in [6.07, 6.45) is 0. The fourth-order valence-corrected chi connectivity index (χ4v) is 2.08. The van der Waals surface area contributed by atoms with Crippen LogP contribution in [0.25, 0.3) is 0 Å². The van der Waals surface area contributed by atoms with Gasteiger partial charge in [0.1, 0.15) is 23.4 Å². The van der Waals surface area contributed by atoms with E-state index < -0.39 is 0 Å². The summed E-state index contributed by atoms with van der Waals surface area (Å²) in [5.74, 6) is 0.342. The summed E-state index contributed by atoms with van der Waals surface area (Å²) in [5.41, 5.74) is 2.17. The third-order valence-electron chi connectivity index (χ3n) is 2.68. The third kappa shape index (κ3) is 3.30. The Bertz CT molecular complexity index is 650. The van der Waals surface area contributed by atoms with Crippen molar-refractivity contribution >= 4 is 21.7 Å². The molecule has 3 nitrogen and oxygen atoms in total. The van der Waals surface area contributed by atoms with Crippen molar-refractivity contribution in [1.82, 2.24) is 4.98 Å². The Hall–Kier alpha value is -1.93. The van der Waals surface area contributed by atoms with Gasteiger partial charge in [0, 0.05) is 11.0 Å². The predicted molar refractivity (Wildman–Crippen MR) is 75.1 cm³/mol. The fraction of sp³-hybridized carbons (Fsp3) is 0.143. The summed E-state index contributed by atoms with van der Waals surface area (Å²) < 4.78 is 13.7. The third-order valence-corrected chi connectivity index (χ3v) is 3.42. The first-order valence-corrected chi connectivity index (χ1v) is 6.45. The first kappa shape index (κ1) is 13.5. The summed E-state index contributed by atoms with van der Waals surface area (Å²) >= 11 is 3.31. The molecule has 0 saturated heterocycles. The van der Waals surface area contributed by atoms with Crippen molar-refractivity contribution in [3.63, 3.8) is 0 Å². The number of aromatic nitrogens is 1. The van der Waals surface area contributed by atoms with Gasteiger partial charge >= 0.3 is 0 Å². The molecule has 96 valence electrons. The molecule has 0 fully saturated rings. The van der Waals surface area contributed by atoms with Crippen molar-refractivity contribution in [3.8, 4) is 6.07 Å². The maximum Gasteiger partial charge on any atom is 0.145 e. The largest absolute Gasteiger partial charge is 0.366 e. The topological polar surface area (TPSA) is 48.7 Å². The predicted octanol–water partition coefficient (Wildman–Crippen LogP) is 3.78. The van der Waals surface area contributed by atoms with E-state index in [4.69, 9.17) is 5.26 Å². The molecule has 0 atom stereocenters.